The van der Waals surface area contributed by atoms with Gasteiger partial charge in [-0.3, -0.25) is 9.69 Å². The number of benzene rings is 1. The zero-order valence-electron chi connectivity index (χ0n) is 14.7. The number of carbonyl (C=O) groups is 1. The maximum absolute atomic E-state index is 12.2. The molecule has 1 amide bonds. The van der Waals surface area contributed by atoms with Crippen LogP contribution < -0.4 is 10.6 Å². The summed E-state index contributed by atoms with van der Waals surface area (Å²) in [6.07, 6.45) is 2.12. The molecule has 2 aliphatic heterocycles. The van der Waals surface area contributed by atoms with E-state index in [9.17, 15) is 9.90 Å². The minimum absolute atomic E-state index is 0.121. The van der Waals surface area contributed by atoms with Crippen LogP contribution in [0.4, 0.5) is 0 Å². The highest BCUT2D eigenvalue weighted by atomic mass is 32.2. The van der Waals surface area contributed by atoms with Gasteiger partial charge in [0, 0.05) is 56.7 Å². The zero-order chi connectivity index (χ0) is 17.5. The predicted octanol–water partition coefficient (Wildman–Crippen LogP) is 1.35. The van der Waals surface area contributed by atoms with Crippen molar-refractivity contribution in [3.63, 3.8) is 0 Å². The van der Waals surface area contributed by atoms with Crippen molar-refractivity contribution in [1.82, 2.24) is 15.5 Å². The summed E-state index contributed by atoms with van der Waals surface area (Å²) in [6, 6.07) is 8.63. The van der Waals surface area contributed by atoms with E-state index in [1.54, 1.807) is 0 Å². The lowest BCUT2D eigenvalue weighted by Crippen LogP contribution is -2.41. The van der Waals surface area contributed by atoms with Gasteiger partial charge in [-0.15, -0.1) is 0 Å². The molecule has 3 N–H and O–H groups in total. The summed E-state index contributed by atoms with van der Waals surface area (Å²) in [6.45, 7) is 4.35. The Kier molecular flexibility index (Phi) is 7.16. The monoisotopic (exact) mass is 363 g/mol. The van der Waals surface area contributed by atoms with Gasteiger partial charge in [0.15, 0.2) is 0 Å². The standard InChI is InChI=1S/C19H29N3O2S/c23-18-5-8-22(9-6-18)13-16-4-2-1-3-15(16)12-21-19(24)11-17-14-25-10-7-20-17/h1-4,17-18,20,23H,5-14H2,(H,21,24). The molecule has 0 aromatic heterocycles. The normalized spacial score (nSPS) is 22.7. The molecule has 1 aromatic rings. The van der Waals surface area contributed by atoms with Crippen LogP contribution in [0.1, 0.15) is 30.4 Å². The summed E-state index contributed by atoms with van der Waals surface area (Å²) in [5, 5.41) is 16.1. The SMILES string of the molecule is O=C(CC1CSCCN1)NCc1ccccc1CN1CCC(O)CC1. The third-order valence-electron chi connectivity index (χ3n) is 4.98. The molecule has 2 heterocycles. The number of rotatable bonds is 6. The summed E-state index contributed by atoms with van der Waals surface area (Å²) in [7, 11) is 0. The number of likely N-dealkylation sites (tertiary alicyclic amines) is 1. The van der Waals surface area contributed by atoms with Gasteiger partial charge in [0.05, 0.1) is 6.10 Å². The maximum atomic E-state index is 12.2. The number of aliphatic hydroxyl groups is 1. The molecule has 138 valence electrons. The van der Waals surface area contributed by atoms with Crippen molar-refractivity contribution < 1.29 is 9.90 Å². The Balaban J connectivity index is 1.49. The number of thioether (sulfide) groups is 1. The van der Waals surface area contributed by atoms with Crippen molar-refractivity contribution in [2.75, 3.05) is 31.1 Å². The third-order valence-corrected chi connectivity index (χ3v) is 6.11. The zero-order valence-corrected chi connectivity index (χ0v) is 15.6. The van der Waals surface area contributed by atoms with Crippen LogP contribution in [0.2, 0.25) is 0 Å². The van der Waals surface area contributed by atoms with Crippen molar-refractivity contribution in [1.29, 1.82) is 0 Å². The quantitative estimate of drug-likeness (QED) is 0.712. The molecule has 0 radical (unpaired) electrons. The predicted molar refractivity (Wildman–Crippen MR) is 103 cm³/mol. The molecule has 1 unspecified atom stereocenters. The highest BCUT2D eigenvalue weighted by Crippen LogP contribution is 2.17. The molecule has 3 rings (SSSR count). The van der Waals surface area contributed by atoms with E-state index >= 15 is 0 Å². The molecule has 0 aliphatic carbocycles. The number of piperidine rings is 1. The lowest BCUT2D eigenvalue weighted by Gasteiger charge is -2.30. The van der Waals surface area contributed by atoms with Crippen LogP contribution in [0.15, 0.2) is 24.3 Å². The second-order valence-corrected chi connectivity index (χ2v) is 8.13. The first-order valence-electron chi connectivity index (χ1n) is 9.26. The minimum Gasteiger partial charge on any atom is -0.393 e. The van der Waals surface area contributed by atoms with Crippen molar-refractivity contribution in [3.8, 4) is 0 Å². The molecular weight excluding hydrogens is 334 g/mol. The van der Waals surface area contributed by atoms with Crippen LogP contribution >= 0.6 is 11.8 Å². The molecule has 0 saturated carbocycles. The molecule has 0 spiro atoms. The number of aliphatic hydroxyl groups excluding tert-OH is 1. The van der Waals surface area contributed by atoms with Gasteiger partial charge in [0.2, 0.25) is 5.91 Å². The number of hydrogen-bond donors (Lipinski definition) is 3. The molecule has 0 bridgehead atoms. The molecule has 25 heavy (non-hydrogen) atoms. The Hall–Kier alpha value is -1.08. The average Bonchev–Trinajstić information content (AvgIpc) is 2.64. The second-order valence-electron chi connectivity index (χ2n) is 6.98. The van der Waals surface area contributed by atoms with Crippen LogP contribution in [-0.4, -0.2) is 59.2 Å². The first-order valence-corrected chi connectivity index (χ1v) is 10.4. The van der Waals surface area contributed by atoms with E-state index in [4.69, 9.17) is 0 Å². The number of amides is 1. The van der Waals surface area contributed by atoms with Crippen LogP contribution in [0, 0.1) is 0 Å². The molecular formula is C19H29N3O2S. The van der Waals surface area contributed by atoms with E-state index in [1.807, 2.05) is 17.8 Å². The fourth-order valence-electron chi connectivity index (χ4n) is 3.44. The maximum Gasteiger partial charge on any atom is 0.221 e. The van der Waals surface area contributed by atoms with Gasteiger partial charge in [0.25, 0.3) is 0 Å². The fraction of sp³-hybridized carbons (Fsp3) is 0.632. The highest BCUT2D eigenvalue weighted by molar-refractivity contribution is 7.99. The van der Waals surface area contributed by atoms with Crippen molar-refractivity contribution in [3.05, 3.63) is 35.4 Å². The summed E-state index contributed by atoms with van der Waals surface area (Å²) in [5.74, 6) is 2.28. The number of nitrogens with zero attached hydrogens (tertiary/aromatic N) is 1. The van der Waals surface area contributed by atoms with E-state index in [0.717, 1.165) is 50.5 Å². The van der Waals surface area contributed by atoms with Gasteiger partial charge in [-0.25, -0.2) is 0 Å². The minimum atomic E-state index is -0.141. The Morgan fingerprint density at radius 2 is 2.04 bits per heavy atom. The molecule has 2 fully saturated rings. The number of nitrogens with one attached hydrogen (secondary N) is 2. The Morgan fingerprint density at radius 3 is 2.76 bits per heavy atom. The third kappa shape index (κ3) is 5.99. The average molecular weight is 364 g/mol. The van der Waals surface area contributed by atoms with E-state index in [1.165, 1.54) is 11.1 Å². The van der Waals surface area contributed by atoms with Crippen LogP contribution in [0.5, 0.6) is 0 Å². The largest absolute Gasteiger partial charge is 0.393 e. The summed E-state index contributed by atoms with van der Waals surface area (Å²) in [5.41, 5.74) is 2.46. The summed E-state index contributed by atoms with van der Waals surface area (Å²) < 4.78 is 0. The van der Waals surface area contributed by atoms with Crippen molar-refractivity contribution in [2.45, 2.75) is 44.5 Å². The van der Waals surface area contributed by atoms with Crippen molar-refractivity contribution >= 4 is 17.7 Å². The van der Waals surface area contributed by atoms with Gasteiger partial charge in [-0.05, 0) is 24.0 Å². The summed E-state index contributed by atoms with van der Waals surface area (Å²) >= 11 is 1.92. The smallest absolute Gasteiger partial charge is 0.221 e. The lowest BCUT2D eigenvalue weighted by atomic mass is 10.0. The van der Waals surface area contributed by atoms with Crippen molar-refractivity contribution in [2.24, 2.45) is 0 Å². The molecule has 2 saturated heterocycles. The van der Waals surface area contributed by atoms with E-state index < -0.39 is 0 Å². The molecule has 5 nitrogen and oxygen atoms in total. The van der Waals surface area contributed by atoms with Gasteiger partial charge < -0.3 is 15.7 Å². The Morgan fingerprint density at radius 1 is 1.28 bits per heavy atom. The van der Waals surface area contributed by atoms with Crippen LogP contribution in [0.3, 0.4) is 0 Å². The highest BCUT2D eigenvalue weighted by Gasteiger charge is 2.19. The topological polar surface area (TPSA) is 64.6 Å². The van der Waals surface area contributed by atoms with Gasteiger partial charge in [-0.2, -0.15) is 11.8 Å². The first kappa shape index (κ1) is 18.7. The lowest BCUT2D eigenvalue weighted by molar-refractivity contribution is -0.121. The summed E-state index contributed by atoms with van der Waals surface area (Å²) in [4.78, 5) is 14.6. The number of carbonyl (C=O) groups excluding carboxylic acids is 1. The van der Waals surface area contributed by atoms with Gasteiger partial charge in [-0.1, -0.05) is 24.3 Å². The van der Waals surface area contributed by atoms with Gasteiger partial charge >= 0.3 is 0 Å². The molecule has 2 aliphatic rings. The van der Waals surface area contributed by atoms with Crippen LogP contribution in [0.25, 0.3) is 0 Å². The Bertz CT molecular complexity index is 555. The molecule has 6 heteroatoms. The van der Waals surface area contributed by atoms with E-state index in [-0.39, 0.29) is 12.0 Å². The molecule has 1 aromatic carbocycles. The first-order chi connectivity index (χ1) is 12.2. The van der Waals surface area contributed by atoms with E-state index in [0.29, 0.717) is 19.0 Å². The van der Waals surface area contributed by atoms with E-state index in [2.05, 4.69) is 33.7 Å². The Labute approximate surface area is 154 Å². The number of hydrogen-bond acceptors (Lipinski definition) is 5. The van der Waals surface area contributed by atoms with Crippen LogP contribution in [-0.2, 0) is 17.9 Å². The van der Waals surface area contributed by atoms with Gasteiger partial charge in [0.1, 0.15) is 0 Å². The second kappa shape index (κ2) is 9.57. The molecule has 1 atom stereocenters. The fourth-order valence-corrected chi connectivity index (χ4v) is 4.39.